The minimum atomic E-state index is -1.09. The fraction of sp³-hybridized carbons (Fsp3) is 0.263. The van der Waals surface area contributed by atoms with Gasteiger partial charge in [0.2, 0.25) is 6.10 Å². The maximum Gasteiger partial charge on any atom is 0.325 e. The van der Waals surface area contributed by atoms with Crippen LogP contribution < -0.4 is 10.1 Å². The van der Waals surface area contributed by atoms with E-state index in [2.05, 4.69) is 5.32 Å². The maximum atomic E-state index is 12.6. The zero-order chi connectivity index (χ0) is 17.5. The molecule has 2 rings (SSSR count). The Hall–Kier alpha value is -2.82. The second-order valence-corrected chi connectivity index (χ2v) is 5.44. The second-order valence-electron chi connectivity index (χ2n) is 5.44. The van der Waals surface area contributed by atoms with Crippen molar-refractivity contribution in [2.75, 3.05) is 0 Å². The van der Waals surface area contributed by atoms with E-state index in [0.717, 1.165) is 12.0 Å². The van der Waals surface area contributed by atoms with Crippen LogP contribution in [0.3, 0.4) is 0 Å². The van der Waals surface area contributed by atoms with Crippen LogP contribution in [0.1, 0.15) is 31.1 Å². The van der Waals surface area contributed by atoms with Crippen molar-refractivity contribution in [3.63, 3.8) is 0 Å². The van der Waals surface area contributed by atoms with Gasteiger partial charge in [-0.1, -0.05) is 55.5 Å². The van der Waals surface area contributed by atoms with Crippen molar-refractivity contribution in [3.8, 4) is 5.75 Å². The van der Waals surface area contributed by atoms with Crippen LogP contribution >= 0.6 is 0 Å². The van der Waals surface area contributed by atoms with Gasteiger partial charge in [0.15, 0.2) is 0 Å². The molecule has 5 nitrogen and oxygen atoms in total. The van der Waals surface area contributed by atoms with Gasteiger partial charge < -0.3 is 15.2 Å². The molecular formula is C19H21NO4. The summed E-state index contributed by atoms with van der Waals surface area (Å²) in [7, 11) is 0. The van der Waals surface area contributed by atoms with E-state index in [9.17, 15) is 9.59 Å². The lowest BCUT2D eigenvalue weighted by atomic mass is 10.1. The number of rotatable bonds is 7. The molecule has 0 saturated carbocycles. The van der Waals surface area contributed by atoms with E-state index in [-0.39, 0.29) is 0 Å². The van der Waals surface area contributed by atoms with Crippen LogP contribution in [0.15, 0.2) is 54.6 Å². The van der Waals surface area contributed by atoms with E-state index in [4.69, 9.17) is 9.84 Å². The zero-order valence-corrected chi connectivity index (χ0v) is 13.7. The Morgan fingerprint density at radius 3 is 2.33 bits per heavy atom. The van der Waals surface area contributed by atoms with Gasteiger partial charge in [-0.2, -0.15) is 0 Å². The number of nitrogens with one attached hydrogen (secondary N) is 1. The van der Waals surface area contributed by atoms with Crippen molar-refractivity contribution < 1.29 is 19.4 Å². The molecule has 0 spiro atoms. The largest absolute Gasteiger partial charge is 0.480 e. The first-order valence-corrected chi connectivity index (χ1v) is 7.85. The first-order chi connectivity index (χ1) is 11.5. The summed E-state index contributed by atoms with van der Waals surface area (Å²) in [5.41, 5.74) is 1.65. The molecule has 0 heterocycles. The average molecular weight is 327 g/mol. The minimum absolute atomic E-state index is 0.484. The molecule has 0 radical (unpaired) electrons. The van der Waals surface area contributed by atoms with Gasteiger partial charge in [0, 0.05) is 5.56 Å². The lowest BCUT2D eigenvalue weighted by Crippen LogP contribution is -2.42. The molecule has 0 aliphatic heterocycles. The Morgan fingerprint density at radius 1 is 1.08 bits per heavy atom. The molecule has 2 N–H and O–H groups in total. The quantitative estimate of drug-likeness (QED) is 0.820. The summed E-state index contributed by atoms with van der Waals surface area (Å²) < 4.78 is 5.96. The first-order valence-electron chi connectivity index (χ1n) is 7.85. The van der Waals surface area contributed by atoms with Crippen molar-refractivity contribution in [2.24, 2.45) is 0 Å². The molecule has 0 saturated heterocycles. The van der Waals surface area contributed by atoms with Crippen molar-refractivity contribution >= 4 is 11.9 Å². The number of amides is 1. The van der Waals surface area contributed by atoms with Crippen LogP contribution in [-0.4, -0.2) is 23.0 Å². The molecule has 0 fully saturated rings. The van der Waals surface area contributed by atoms with E-state index >= 15 is 0 Å². The predicted octanol–water partition coefficient (Wildman–Crippen LogP) is 2.96. The van der Waals surface area contributed by atoms with E-state index in [0.29, 0.717) is 11.3 Å². The number of benzene rings is 2. The Balaban J connectivity index is 2.30. The third-order valence-electron chi connectivity index (χ3n) is 3.67. The van der Waals surface area contributed by atoms with Gasteiger partial charge >= 0.3 is 5.97 Å². The number of carbonyl (C=O) groups excluding carboxylic acids is 1. The van der Waals surface area contributed by atoms with Crippen molar-refractivity contribution in [1.82, 2.24) is 5.32 Å². The number of aryl methyl sites for hydroxylation is 1. The smallest absolute Gasteiger partial charge is 0.325 e. The van der Waals surface area contributed by atoms with Crippen LogP contribution in [0.25, 0.3) is 0 Å². The number of hydrogen-bond donors (Lipinski definition) is 2. The van der Waals surface area contributed by atoms with Crippen LogP contribution in [0.2, 0.25) is 0 Å². The summed E-state index contributed by atoms with van der Waals surface area (Å²) in [6.45, 7) is 3.43. The number of carbonyl (C=O) groups is 2. The summed E-state index contributed by atoms with van der Waals surface area (Å²) in [6, 6.07) is 15.5. The van der Waals surface area contributed by atoms with E-state index in [1.807, 2.05) is 49.4 Å². The van der Waals surface area contributed by atoms with Crippen LogP contribution in [0.5, 0.6) is 5.75 Å². The zero-order valence-electron chi connectivity index (χ0n) is 13.7. The first kappa shape index (κ1) is 17.5. The Morgan fingerprint density at radius 2 is 1.71 bits per heavy atom. The molecule has 2 atom stereocenters. The summed E-state index contributed by atoms with van der Waals surface area (Å²) in [5, 5.41) is 11.5. The fourth-order valence-corrected chi connectivity index (χ4v) is 2.29. The van der Waals surface area contributed by atoms with Crippen LogP contribution in [0, 0.1) is 0 Å². The third kappa shape index (κ3) is 4.35. The number of ether oxygens (including phenoxy) is 1. The highest BCUT2D eigenvalue weighted by Gasteiger charge is 2.26. The van der Waals surface area contributed by atoms with Crippen LogP contribution in [0.4, 0.5) is 0 Å². The van der Waals surface area contributed by atoms with E-state index < -0.39 is 24.0 Å². The summed E-state index contributed by atoms with van der Waals surface area (Å²) >= 11 is 0. The molecule has 2 aromatic carbocycles. The van der Waals surface area contributed by atoms with Gasteiger partial charge in [-0.05, 0) is 25.0 Å². The summed E-state index contributed by atoms with van der Waals surface area (Å²) in [4.78, 5) is 23.6. The average Bonchev–Trinajstić information content (AvgIpc) is 2.60. The molecule has 24 heavy (non-hydrogen) atoms. The van der Waals surface area contributed by atoms with Crippen molar-refractivity contribution in [3.05, 3.63) is 65.7 Å². The van der Waals surface area contributed by atoms with Gasteiger partial charge in [-0.3, -0.25) is 9.59 Å². The van der Waals surface area contributed by atoms with E-state index in [1.54, 1.807) is 12.1 Å². The Kier molecular flexibility index (Phi) is 5.95. The van der Waals surface area contributed by atoms with Gasteiger partial charge in [0.1, 0.15) is 11.8 Å². The number of hydrogen-bond acceptors (Lipinski definition) is 3. The highest BCUT2D eigenvalue weighted by molar-refractivity contribution is 5.87. The third-order valence-corrected chi connectivity index (χ3v) is 3.67. The molecule has 5 heteroatoms. The maximum absolute atomic E-state index is 12.6. The van der Waals surface area contributed by atoms with Gasteiger partial charge in [0.25, 0.3) is 5.91 Å². The monoisotopic (exact) mass is 327 g/mol. The summed E-state index contributed by atoms with van der Waals surface area (Å²) in [6.07, 6.45) is -0.147. The van der Waals surface area contributed by atoms with Gasteiger partial charge in [-0.15, -0.1) is 0 Å². The molecule has 126 valence electrons. The highest BCUT2D eigenvalue weighted by atomic mass is 16.5. The normalized spacial score (nSPS) is 12.9. The molecular weight excluding hydrogens is 306 g/mol. The van der Waals surface area contributed by atoms with Gasteiger partial charge in [-0.25, -0.2) is 0 Å². The molecule has 2 aromatic rings. The SMILES string of the molecule is CCc1ccccc1OC(C(=O)NC(C)C(=O)O)c1ccccc1. The topological polar surface area (TPSA) is 75.6 Å². The molecule has 0 aromatic heterocycles. The van der Waals surface area contributed by atoms with Crippen molar-refractivity contribution in [2.45, 2.75) is 32.4 Å². The predicted molar refractivity (Wildman–Crippen MR) is 90.9 cm³/mol. The van der Waals surface area contributed by atoms with Crippen LogP contribution in [-0.2, 0) is 16.0 Å². The fourth-order valence-electron chi connectivity index (χ4n) is 2.29. The molecule has 1 amide bonds. The molecule has 2 unspecified atom stereocenters. The van der Waals surface area contributed by atoms with Crippen molar-refractivity contribution in [1.29, 1.82) is 0 Å². The molecule has 0 aliphatic rings. The molecule has 0 aliphatic carbocycles. The number of carboxylic acid groups (broad SMARTS) is 1. The second kappa shape index (κ2) is 8.15. The van der Waals surface area contributed by atoms with Gasteiger partial charge in [0.05, 0.1) is 0 Å². The Bertz CT molecular complexity index is 700. The lowest BCUT2D eigenvalue weighted by Gasteiger charge is -2.22. The number of para-hydroxylation sites is 1. The lowest BCUT2D eigenvalue weighted by molar-refractivity contribution is -0.142. The number of aliphatic carboxylic acids is 1. The van der Waals surface area contributed by atoms with E-state index in [1.165, 1.54) is 6.92 Å². The summed E-state index contributed by atoms with van der Waals surface area (Å²) in [5.74, 6) is -0.960. The minimum Gasteiger partial charge on any atom is -0.480 e. The standard InChI is InChI=1S/C19H21NO4/c1-3-14-9-7-8-12-16(14)24-17(15-10-5-4-6-11-15)18(21)20-13(2)19(22)23/h4-13,17H,3H2,1-2H3,(H,20,21)(H,22,23). The Labute approximate surface area is 141 Å². The highest BCUT2D eigenvalue weighted by Crippen LogP contribution is 2.26. The number of carboxylic acids is 1. The molecule has 0 bridgehead atoms.